The first kappa shape index (κ1) is 11.1. The molecule has 0 spiro atoms. The number of hydrogen-bond acceptors (Lipinski definition) is 3. The molecule has 0 aromatic carbocycles. The summed E-state index contributed by atoms with van der Waals surface area (Å²) in [6.45, 7) is 4.32. The fourth-order valence-electron chi connectivity index (χ4n) is 2.48. The molecule has 1 aromatic heterocycles. The number of thiophene rings is 1. The molecule has 2 heterocycles. The highest BCUT2D eigenvalue weighted by Crippen LogP contribution is 2.30. The van der Waals surface area contributed by atoms with Crippen LogP contribution in [0, 0.1) is 0 Å². The van der Waals surface area contributed by atoms with Crippen molar-refractivity contribution in [2.24, 2.45) is 5.73 Å². The summed E-state index contributed by atoms with van der Waals surface area (Å²) in [4.78, 5) is 4.05. The van der Waals surface area contributed by atoms with Gasteiger partial charge in [-0.3, -0.25) is 4.90 Å². The second-order valence-electron chi connectivity index (χ2n) is 4.31. The SMILES string of the molecule is CC(c1cccs1)N1CCCCC1CN. The Balaban J connectivity index is 2.07. The predicted octanol–water partition coefficient (Wildman–Crippen LogP) is 2.62. The average Bonchev–Trinajstić information content (AvgIpc) is 2.81. The molecule has 1 aromatic rings. The van der Waals surface area contributed by atoms with Crippen LogP contribution in [0.25, 0.3) is 0 Å². The number of nitrogens with zero attached hydrogens (tertiary/aromatic N) is 1. The number of piperidine rings is 1. The van der Waals surface area contributed by atoms with Crippen LogP contribution in [0.4, 0.5) is 0 Å². The molecule has 3 heteroatoms. The van der Waals surface area contributed by atoms with Gasteiger partial charge in [-0.1, -0.05) is 12.5 Å². The smallest absolute Gasteiger partial charge is 0.0416 e. The molecule has 2 atom stereocenters. The standard InChI is InChI=1S/C12H20N2S/c1-10(12-6-4-8-15-12)14-7-3-2-5-11(14)9-13/h4,6,8,10-11H,2-3,5,7,9,13H2,1H3. The molecule has 15 heavy (non-hydrogen) atoms. The maximum Gasteiger partial charge on any atom is 0.0416 e. The van der Waals surface area contributed by atoms with E-state index >= 15 is 0 Å². The highest BCUT2D eigenvalue weighted by Gasteiger charge is 2.26. The van der Waals surface area contributed by atoms with Crippen molar-refractivity contribution < 1.29 is 0 Å². The summed E-state index contributed by atoms with van der Waals surface area (Å²) in [5.41, 5.74) is 5.85. The minimum atomic E-state index is 0.541. The van der Waals surface area contributed by atoms with Crippen LogP contribution >= 0.6 is 11.3 Å². The van der Waals surface area contributed by atoms with Gasteiger partial charge in [-0.2, -0.15) is 0 Å². The first-order valence-corrected chi connectivity index (χ1v) is 6.70. The zero-order chi connectivity index (χ0) is 10.7. The lowest BCUT2D eigenvalue weighted by Gasteiger charge is -2.39. The summed E-state index contributed by atoms with van der Waals surface area (Å²) < 4.78 is 0. The van der Waals surface area contributed by atoms with Gasteiger partial charge in [0, 0.05) is 23.5 Å². The largest absolute Gasteiger partial charge is 0.329 e. The summed E-state index contributed by atoms with van der Waals surface area (Å²) in [5.74, 6) is 0. The minimum Gasteiger partial charge on any atom is -0.329 e. The molecule has 0 radical (unpaired) electrons. The Bertz CT molecular complexity index is 284. The van der Waals surface area contributed by atoms with Crippen LogP contribution in [-0.2, 0) is 0 Å². The molecule has 2 unspecified atom stereocenters. The van der Waals surface area contributed by atoms with E-state index in [4.69, 9.17) is 5.73 Å². The van der Waals surface area contributed by atoms with Gasteiger partial charge in [-0.15, -0.1) is 11.3 Å². The first-order valence-electron chi connectivity index (χ1n) is 5.82. The van der Waals surface area contributed by atoms with E-state index in [1.807, 2.05) is 11.3 Å². The monoisotopic (exact) mass is 224 g/mol. The summed E-state index contributed by atoms with van der Waals surface area (Å²) in [5, 5.41) is 2.16. The van der Waals surface area contributed by atoms with Gasteiger partial charge >= 0.3 is 0 Å². The van der Waals surface area contributed by atoms with Gasteiger partial charge in [0.25, 0.3) is 0 Å². The van der Waals surface area contributed by atoms with Crippen LogP contribution in [0.2, 0.25) is 0 Å². The van der Waals surface area contributed by atoms with E-state index in [1.165, 1.54) is 30.7 Å². The summed E-state index contributed by atoms with van der Waals surface area (Å²) in [7, 11) is 0. The van der Waals surface area contributed by atoms with Crippen LogP contribution in [-0.4, -0.2) is 24.0 Å². The number of nitrogens with two attached hydrogens (primary N) is 1. The zero-order valence-corrected chi connectivity index (χ0v) is 10.2. The molecule has 0 saturated carbocycles. The lowest BCUT2D eigenvalue weighted by atomic mass is 10.00. The van der Waals surface area contributed by atoms with E-state index < -0.39 is 0 Å². The van der Waals surface area contributed by atoms with Crippen LogP contribution < -0.4 is 5.73 Å². The Hall–Kier alpha value is -0.380. The lowest BCUT2D eigenvalue weighted by Crippen LogP contribution is -2.45. The Morgan fingerprint density at radius 1 is 1.60 bits per heavy atom. The fourth-order valence-corrected chi connectivity index (χ4v) is 3.28. The minimum absolute atomic E-state index is 0.541. The predicted molar refractivity (Wildman–Crippen MR) is 66.1 cm³/mol. The van der Waals surface area contributed by atoms with Crippen molar-refractivity contribution >= 4 is 11.3 Å². The normalized spacial score (nSPS) is 25.3. The highest BCUT2D eigenvalue weighted by molar-refractivity contribution is 7.10. The van der Waals surface area contributed by atoms with Gasteiger partial charge in [0.05, 0.1) is 0 Å². The van der Waals surface area contributed by atoms with Gasteiger partial charge in [0.1, 0.15) is 0 Å². The molecule has 0 amide bonds. The number of rotatable bonds is 3. The average molecular weight is 224 g/mol. The summed E-state index contributed by atoms with van der Waals surface area (Å²) in [6.07, 6.45) is 3.94. The maximum absolute atomic E-state index is 5.85. The molecule has 0 aliphatic carbocycles. The number of likely N-dealkylation sites (tertiary alicyclic amines) is 1. The van der Waals surface area contributed by atoms with Crippen molar-refractivity contribution in [3.63, 3.8) is 0 Å². The van der Waals surface area contributed by atoms with Gasteiger partial charge in [0.2, 0.25) is 0 Å². The quantitative estimate of drug-likeness (QED) is 0.855. The van der Waals surface area contributed by atoms with E-state index in [2.05, 4.69) is 29.3 Å². The molecule has 1 aliphatic rings. The Morgan fingerprint density at radius 2 is 2.47 bits per heavy atom. The van der Waals surface area contributed by atoms with Crippen molar-refractivity contribution in [3.05, 3.63) is 22.4 Å². The molecule has 0 bridgehead atoms. The Morgan fingerprint density at radius 3 is 3.13 bits per heavy atom. The third-order valence-electron chi connectivity index (χ3n) is 3.40. The molecule has 1 fully saturated rings. The summed E-state index contributed by atoms with van der Waals surface area (Å²) in [6, 6.07) is 5.50. The zero-order valence-electron chi connectivity index (χ0n) is 9.36. The van der Waals surface area contributed by atoms with Crippen LogP contribution in [0.1, 0.15) is 37.1 Å². The first-order chi connectivity index (χ1) is 7.33. The molecule has 1 saturated heterocycles. The molecule has 84 valence electrons. The topological polar surface area (TPSA) is 29.3 Å². The maximum atomic E-state index is 5.85. The van der Waals surface area contributed by atoms with Crippen LogP contribution in [0.3, 0.4) is 0 Å². The third-order valence-corrected chi connectivity index (χ3v) is 4.44. The molecule has 1 aliphatic heterocycles. The molecule has 2 rings (SSSR count). The molecule has 2 nitrogen and oxygen atoms in total. The van der Waals surface area contributed by atoms with Gasteiger partial charge in [0.15, 0.2) is 0 Å². The number of hydrogen-bond donors (Lipinski definition) is 1. The van der Waals surface area contributed by atoms with Crippen LogP contribution in [0.15, 0.2) is 17.5 Å². The van der Waals surface area contributed by atoms with Crippen molar-refractivity contribution in [1.29, 1.82) is 0 Å². The molecular formula is C12H20N2S. The van der Waals surface area contributed by atoms with Crippen molar-refractivity contribution in [1.82, 2.24) is 4.90 Å². The van der Waals surface area contributed by atoms with E-state index in [1.54, 1.807) is 0 Å². The van der Waals surface area contributed by atoms with Crippen molar-refractivity contribution in [2.75, 3.05) is 13.1 Å². The lowest BCUT2D eigenvalue weighted by molar-refractivity contribution is 0.109. The third kappa shape index (κ3) is 2.41. The molecule has 2 N–H and O–H groups in total. The summed E-state index contributed by atoms with van der Waals surface area (Å²) >= 11 is 1.85. The fraction of sp³-hybridized carbons (Fsp3) is 0.667. The van der Waals surface area contributed by atoms with Crippen molar-refractivity contribution in [3.8, 4) is 0 Å². The van der Waals surface area contributed by atoms with Crippen LogP contribution in [0.5, 0.6) is 0 Å². The van der Waals surface area contributed by atoms with E-state index in [9.17, 15) is 0 Å². The van der Waals surface area contributed by atoms with E-state index in [0.717, 1.165) is 6.54 Å². The molecular weight excluding hydrogens is 204 g/mol. The van der Waals surface area contributed by atoms with E-state index in [-0.39, 0.29) is 0 Å². The van der Waals surface area contributed by atoms with Crippen molar-refractivity contribution in [2.45, 2.75) is 38.3 Å². The van der Waals surface area contributed by atoms with Gasteiger partial charge in [-0.25, -0.2) is 0 Å². The van der Waals surface area contributed by atoms with E-state index in [0.29, 0.717) is 12.1 Å². The second-order valence-corrected chi connectivity index (χ2v) is 5.29. The second kappa shape index (κ2) is 5.10. The van der Waals surface area contributed by atoms with Gasteiger partial charge < -0.3 is 5.73 Å². The Labute approximate surface area is 96.1 Å². The van der Waals surface area contributed by atoms with Gasteiger partial charge in [-0.05, 0) is 37.8 Å². The Kier molecular flexibility index (Phi) is 3.78. The highest BCUT2D eigenvalue weighted by atomic mass is 32.1.